The fourth-order valence-corrected chi connectivity index (χ4v) is 5.23. The number of likely N-dealkylation sites (tertiary alicyclic amines) is 1. The van der Waals surface area contributed by atoms with Gasteiger partial charge in [-0.15, -0.1) is 10.2 Å². The first-order chi connectivity index (χ1) is 20.2. The van der Waals surface area contributed by atoms with Gasteiger partial charge in [-0.05, 0) is 92.2 Å². The van der Waals surface area contributed by atoms with Gasteiger partial charge in [-0.3, -0.25) is 19.7 Å². The van der Waals surface area contributed by atoms with Crippen molar-refractivity contribution in [3.05, 3.63) is 90.0 Å². The van der Waals surface area contributed by atoms with Crippen molar-refractivity contribution in [1.29, 1.82) is 0 Å². The van der Waals surface area contributed by atoms with Crippen LogP contribution in [0.25, 0.3) is 0 Å². The minimum absolute atomic E-state index is 0.0681. The van der Waals surface area contributed by atoms with Gasteiger partial charge < -0.3 is 10.1 Å². The van der Waals surface area contributed by atoms with Crippen LogP contribution in [0.4, 0.5) is 15.8 Å². The number of nitrogens with one attached hydrogen (secondary N) is 4. The zero-order valence-electron chi connectivity index (χ0n) is 22.8. The molecule has 0 aliphatic carbocycles. The second kappa shape index (κ2) is 13.1. The van der Waals surface area contributed by atoms with E-state index >= 15 is 0 Å². The number of carbonyl (C=O) groups excluding carboxylic acids is 1. The summed E-state index contributed by atoms with van der Waals surface area (Å²) in [4.78, 5) is 15.4. The number of halogens is 1. The van der Waals surface area contributed by atoms with Crippen LogP contribution >= 0.6 is 0 Å². The van der Waals surface area contributed by atoms with Crippen LogP contribution in [-0.2, 0) is 21.4 Å². The second-order valence-electron chi connectivity index (χ2n) is 10.1. The lowest BCUT2D eigenvalue weighted by Gasteiger charge is -2.33. The summed E-state index contributed by atoms with van der Waals surface area (Å²) >= 11 is 0. The van der Waals surface area contributed by atoms with Crippen LogP contribution < -0.4 is 20.1 Å². The molecule has 1 unspecified atom stereocenters. The number of hydrogen-bond donors (Lipinski definition) is 4. The van der Waals surface area contributed by atoms with Crippen LogP contribution in [0.3, 0.4) is 0 Å². The number of ether oxygens (including phenoxy) is 1. The van der Waals surface area contributed by atoms with Gasteiger partial charge in [0.1, 0.15) is 17.3 Å². The van der Waals surface area contributed by atoms with Crippen LogP contribution in [0.2, 0.25) is 0 Å². The van der Waals surface area contributed by atoms with Crippen molar-refractivity contribution in [1.82, 2.24) is 30.8 Å². The average Bonchev–Trinajstić information content (AvgIpc) is 3.50. The van der Waals surface area contributed by atoms with Gasteiger partial charge >= 0.3 is 0 Å². The Kier molecular flexibility index (Phi) is 9.05. The first-order valence-electron chi connectivity index (χ1n) is 13.3. The van der Waals surface area contributed by atoms with E-state index in [-0.39, 0.29) is 23.6 Å². The Morgan fingerprint density at radius 1 is 1.00 bits per heavy atom. The number of carbonyl (C=O) groups is 1. The Hall–Kier alpha value is -4.40. The fourth-order valence-electron chi connectivity index (χ4n) is 4.66. The first-order valence-corrected chi connectivity index (χ1v) is 15.2. The Morgan fingerprint density at radius 3 is 2.21 bits per heavy atom. The van der Waals surface area contributed by atoms with Crippen molar-refractivity contribution >= 4 is 27.3 Å². The molecule has 12 nitrogen and oxygen atoms in total. The summed E-state index contributed by atoms with van der Waals surface area (Å²) in [5.41, 5.74) is 2.09. The molecule has 2 heterocycles. The number of rotatable bonds is 11. The van der Waals surface area contributed by atoms with E-state index in [9.17, 15) is 17.6 Å². The lowest BCUT2D eigenvalue weighted by atomic mass is 10.0. The SMILES string of the molecule is CS(=O)(=O)Nc1ccc(Oc2ccc(CN3CCC(NC(C(=O)Nc4ccc(F)cc4)c4nn[nH]n4)CC3)cc2)cc1. The van der Waals surface area contributed by atoms with Crippen LogP contribution in [-0.4, -0.2) is 65.2 Å². The standard InChI is InChI=1S/C28H31FN8O4S/c1-42(39,40)34-23-8-12-25(13-9-23)41-24-10-2-19(3-11-24)18-37-16-14-22(15-17-37)30-26(27-32-35-36-33-27)28(38)31-21-6-4-20(29)5-7-21/h2-13,22,26,30,34H,14-18H2,1H3,(H,31,38)(H,32,33,35,36). The minimum atomic E-state index is -3.33. The summed E-state index contributed by atoms with van der Waals surface area (Å²) in [5.74, 6) is 0.777. The normalized spacial score (nSPS) is 15.2. The second-order valence-corrected chi connectivity index (χ2v) is 11.8. The first kappa shape index (κ1) is 29.1. The van der Waals surface area contributed by atoms with Crippen molar-refractivity contribution in [2.75, 3.05) is 29.4 Å². The minimum Gasteiger partial charge on any atom is -0.457 e. The largest absolute Gasteiger partial charge is 0.457 e. The maximum atomic E-state index is 13.2. The van der Waals surface area contributed by atoms with E-state index in [2.05, 4.69) is 40.9 Å². The molecule has 1 saturated heterocycles. The number of anilines is 2. The third kappa shape index (κ3) is 8.31. The number of benzene rings is 3. The molecule has 1 atom stereocenters. The van der Waals surface area contributed by atoms with Gasteiger partial charge in [-0.25, -0.2) is 12.8 Å². The molecule has 14 heteroatoms. The number of hydrogen-bond acceptors (Lipinski definition) is 9. The summed E-state index contributed by atoms with van der Waals surface area (Å²) in [6.45, 7) is 2.45. The number of tetrazole rings is 1. The van der Waals surface area contributed by atoms with E-state index in [0.29, 0.717) is 22.9 Å². The van der Waals surface area contributed by atoms with Crippen LogP contribution in [0.1, 0.15) is 30.3 Å². The Morgan fingerprint density at radius 2 is 1.62 bits per heavy atom. The molecule has 1 fully saturated rings. The van der Waals surface area contributed by atoms with Crippen LogP contribution in [0.5, 0.6) is 11.5 Å². The van der Waals surface area contributed by atoms with Gasteiger partial charge in [0.2, 0.25) is 21.8 Å². The number of aromatic amines is 1. The van der Waals surface area contributed by atoms with E-state index in [1.54, 1.807) is 24.3 Å². The molecule has 3 aromatic carbocycles. The molecule has 5 rings (SSSR count). The zero-order chi connectivity index (χ0) is 29.5. The maximum Gasteiger partial charge on any atom is 0.249 e. The molecule has 4 aromatic rings. The van der Waals surface area contributed by atoms with E-state index in [1.165, 1.54) is 24.3 Å². The monoisotopic (exact) mass is 594 g/mol. The van der Waals surface area contributed by atoms with Gasteiger partial charge in [0, 0.05) is 24.0 Å². The molecule has 0 saturated carbocycles. The van der Waals surface area contributed by atoms with Crippen LogP contribution in [0, 0.1) is 5.82 Å². The van der Waals surface area contributed by atoms with E-state index in [4.69, 9.17) is 4.74 Å². The Labute approximate surface area is 242 Å². The molecule has 1 aliphatic rings. The predicted octanol–water partition coefficient (Wildman–Crippen LogP) is 3.44. The Bertz CT molecular complexity index is 1560. The summed E-state index contributed by atoms with van der Waals surface area (Å²) in [6.07, 6.45) is 2.75. The third-order valence-corrected chi connectivity index (χ3v) is 7.31. The highest BCUT2D eigenvalue weighted by atomic mass is 32.2. The molecule has 1 aliphatic heterocycles. The Balaban J connectivity index is 1.11. The van der Waals surface area contributed by atoms with E-state index in [0.717, 1.165) is 44.3 Å². The van der Waals surface area contributed by atoms with Gasteiger partial charge in [-0.2, -0.15) is 5.21 Å². The van der Waals surface area contributed by atoms with Crippen molar-refractivity contribution in [3.8, 4) is 11.5 Å². The number of piperidine rings is 1. The smallest absolute Gasteiger partial charge is 0.249 e. The summed E-state index contributed by atoms with van der Waals surface area (Å²) in [6, 6.07) is 19.4. The lowest BCUT2D eigenvalue weighted by Crippen LogP contribution is -2.46. The van der Waals surface area contributed by atoms with Crippen molar-refractivity contribution in [2.24, 2.45) is 0 Å². The van der Waals surface area contributed by atoms with E-state index in [1.807, 2.05) is 24.3 Å². The number of sulfonamides is 1. The molecule has 220 valence electrons. The molecule has 4 N–H and O–H groups in total. The van der Waals surface area contributed by atoms with Crippen molar-refractivity contribution < 1.29 is 22.3 Å². The number of amides is 1. The highest BCUT2D eigenvalue weighted by Gasteiger charge is 2.29. The van der Waals surface area contributed by atoms with E-state index < -0.39 is 16.1 Å². The number of aromatic nitrogens is 4. The van der Waals surface area contributed by atoms with Crippen LogP contribution in [0.15, 0.2) is 72.8 Å². The molecular formula is C28H31FN8O4S. The average molecular weight is 595 g/mol. The maximum absolute atomic E-state index is 13.2. The number of H-pyrrole nitrogens is 1. The van der Waals surface area contributed by atoms with Gasteiger partial charge in [-0.1, -0.05) is 17.3 Å². The molecule has 0 radical (unpaired) electrons. The molecular weight excluding hydrogens is 563 g/mol. The van der Waals surface area contributed by atoms with Gasteiger partial charge in [0.15, 0.2) is 6.04 Å². The topological polar surface area (TPSA) is 154 Å². The van der Waals surface area contributed by atoms with Crippen molar-refractivity contribution in [3.63, 3.8) is 0 Å². The third-order valence-electron chi connectivity index (χ3n) is 6.71. The van der Waals surface area contributed by atoms with Gasteiger partial charge in [0.05, 0.1) is 6.26 Å². The predicted molar refractivity (Wildman–Crippen MR) is 155 cm³/mol. The molecule has 1 amide bonds. The summed E-state index contributed by atoms with van der Waals surface area (Å²) < 4.78 is 44.3. The van der Waals surface area contributed by atoms with Gasteiger partial charge in [0.25, 0.3) is 0 Å². The molecule has 0 bridgehead atoms. The highest BCUT2D eigenvalue weighted by molar-refractivity contribution is 7.92. The zero-order valence-corrected chi connectivity index (χ0v) is 23.6. The fraction of sp³-hybridized carbons (Fsp3) is 0.286. The number of nitrogens with zero attached hydrogens (tertiary/aromatic N) is 4. The quantitative estimate of drug-likeness (QED) is 0.204. The molecule has 1 aromatic heterocycles. The summed E-state index contributed by atoms with van der Waals surface area (Å²) in [7, 11) is -3.33. The highest BCUT2D eigenvalue weighted by Crippen LogP contribution is 2.25. The summed E-state index contributed by atoms with van der Waals surface area (Å²) in [5, 5.41) is 20.2. The molecule has 42 heavy (non-hydrogen) atoms. The lowest BCUT2D eigenvalue weighted by molar-refractivity contribution is -0.118. The molecule has 0 spiro atoms. The van der Waals surface area contributed by atoms with Crippen molar-refractivity contribution in [2.45, 2.75) is 31.5 Å².